The summed E-state index contributed by atoms with van der Waals surface area (Å²) in [5.41, 5.74) is 8.37. The molecule has 0 bridgehead atoms. The monoisotopic (exact) mass is 302 g/mol. The zero-order chi connectivity index (χ0) is 16.1. The molecule has 0 unspecified atom stereocenters. The number of aromatic nitrogens is 1. The van der Waals surface area contributed by atoms with Gasteiger partial charge in [0.05, 0.1) is 7.11 Å². The molecule has 2 aromatic rings. The maximum atomic E-state index is 12.1. The van der Waals surface area contributed by atoms with E-state index in [4.69, 9.17) is 5.73 Å². The third-order valence-corrected chi connectivity index (χ3v) is 3.79. The predicted molar refractivity (Wildman–Crippen MR) is 85.8 cm³/mol. The number of H-pyrrole nitrogens is 1. The number of Topliss-reactive ketones (excluding diaryl/α,β-unsaturated/α-hetero) is 1. The summed E-state index contributed by atoms with van der Waals surface area (Å²) in [6.07, 6.45) is 4.65. The van der Waals surface area contributed by atoms with Crippen molar-refractivity contribution in [3.63, 3.8) is 0 Å². The van der Waals surface area contributed by atoms with Gasteiger partial charge in [-0.3, -0.25) is 9.59 Å². The first-order valence-electron chi connectivity index (χ1n) is 7.53. The largest absolute Gasteiger partial charge is 0.468 e. The molecule has 5 heteroatoms. The van der Waals surface area contributed by atoms with Crippen LogP contribution in [0.4, 0.5) is 0 Å². The topological polar surface area (TPSA) is 85.2 Å². The van der Waals surface area contributed by atoms with Crippen LogP contribution in [0.1, 0.15) is 42.1 Å². The van der Waals surface area contributed by atoms with Crippen LogP contribution in [-0.2, 0) is 16.0 Å². The van der Waals surface area contributed by atoms with Crippen molar-refractivity contribution in [2.45, 2.75) is 38.6 Å². The lowest BCUT2D eigenvalue weighted by molar-refractivity contribution is -0.142. The average Bonchev–Trinajstić information content (AvgIpc) is 2.93. The van der Waals surface area contributed by atoms with Gasteiger partial charge in [0.25, 0.3) is 0 Å². The second-order valence-corrected chi connectivity index (χ2v) is 5.43. The van der Waals surface area contributed by atoms with Gasteiger partial charge in [0.2, 0.25) is 0 Å². The molecule has 0 spiro atoms. The van der Waals surface area contributed by atoms with Crippen LogP contribution in [0.25, 0.3) is 10.9 Å². The molecule has 0 fully saturated rings. The first kappa shape index (κ1) is 16.2. The first-order valence-corrected chi connectivity index (χ1v) is 7.53. The maximum absolute atomic E-state index is 12.1. The Kier molecular flexibility index (Phi) is 5.33. The summed E-state index contributed by atoms with van der Waals surface area (Å²) < 4.78 is 4.65. The Labute approximate surface area is 129 Å². The SMILES string of the molecule is CCCCC(=O)c1ccc2[nH]cc(C[C@H](N)C(=O)OC)c2c1. The van der Waals surface area contributed by atoms with Gasteiger partial charge in [-0.2, -0.15) is 0 Å². The van der Waals surface area contributed by atoms with Crippen molar-refractivity contribution in [3.05, 3.63) is 35.5 Å². The summed E-state index contributed by atoms with van der Waals surface area (Å²) in [6.45, 7) is 2.06. The molecule has 1 atom stereocenters. The minimum absolute atomic E-state index is 0.146. The van der Waals surface area contributed by atoms with Crippen molar-refractivity contribution in [1.29, 1.82) is 0 Å². The summed E-state index contributed by atoms with van der Waals surface area (Å²) >= 11 is 0. The number of ether oxygens (including phenoxy) is 1. The molecule has 1 aromatic heterocycles. The number of hydrogen-bond acceptors (Lipinski definition) is 4. The molecular formula is C17H22N2O3. The molecule has 1 aromatic carbocycles. The molecule has 1 heterocycles. The lowest BCUT2D eigenvalue weighted by Gasteiger charge is -2.08. The number of nitrogens with two attached hydrogens (primary N) is 1. The molecule has 0 radical (unpaired) electrons. The van der Waals surface area contributed by atoms with Crippen molar-refractivity contribution < 1.29 is 14.3 Å². The number of benzene rings is 1. The number of esters is 1. The summed E-state index contributed by atoms with van der Waals surface area (Å²) in [5, 5.41) is 0.932. The molecule has 118 valence electrons. The van der Waals surface area contributed by atoms with Gasteiger partial charge in [-0.15, -0.1) is 0 Å². The van der Waals surface area contributed by atoms with E-state index in [2.05, 4.69) is 16.6 Å². The maximum Gasteiger partial charge on any atom is 0.322 e. The van der Waals surface area contributed by atoms with Crippen LogP contribution >= 0.6 is 0 Å². The van der Waals surface area contributed by atoms with E-state index in [0.717, 1.165) is 29.3 Å². The fraction of sp³-hybridized carbons (Fsp3) is 0.412. The smallest absolute Gasteiger partial charge is 0.322 e. The Morgan fingerprint density at radius 2 is 2.14 bits per heavy atom. The van der Waals surface area contributed by atoms with Crippen molar-refractivity contribution in [2.75, 3.05) is 7.11 Å². The normalized spacial score (nSPS) is 12.3. The number of hydrogen-bond donors (Lipinski definition) is 2. The van der Waals surface area contributed by atoms with Crippen LogP contribution in [0.5, 0.6) is 0 Å². The molecule has 5 nitrogen and oxygen atoms in total. The van der Waals surface area contributed by atoms with Gasteiger partial charge in [-0.25, -0.2) is 0 Å². The van der Waals surface area contributed by atoms with Crippen LogP contribution < -0.4 is 5.73 Å². The third kappa shape index (κ3) is 3.54. The van der Waals surface area contributed by atoms with Gasteiger partial charge < -0.3 is 15.5 Å². The highest BCUT2D eigenvalue weighted by Crippen LogP contribution is 2.22. The van der Waals surface area contributed by atoms with E-state index < -0.39 is 12.0 Å². The van der Waals surface area contributed by atoms with E-state index in [9.17, 15) is 9.59 Å². The number of methoxy groups -OCH3 is 1. The van der Waals surface area contributed by atoms with E-state index in [1.807, 2.05) is 24.4 Å². The molecule has 0 aliphatic heterocycles. The summed E-state index contributed by atoms with van der Waals surface area (Å²) in [7, 11) is 1.32. The summed E-state index contributed by atoms with van der Waals surface area (Å²) in [5.74, 6) is -0.294. The number of rotatable bonds is 7. The zero-order valence-corrected chi connectivity index (χ0v) is 13.0. The predicted octanol–water partition coefficient (Wildman–Crippen LogP) is 2.58. The van der Waals surface area contributed by atoms with Crippen LogP contribution in [0.3, 0.4) is 0 Å². The minimum Gasteiger partial charge on any atom is -0.468 e. The quantitative estimate of drug-likeness (QED) is 0.608. The van der Waals surface area contributed by atoms with Gasteiger partial charge in [0.1, 0.15) is 6.04 Å². The second kappa shape index (κ2) is 7.22. The fourth-order valence-corrected chi connectivity index (χ4v) is 2.47. The number of carbonyl (C=O) groups excluding carboxylic acids is 2. The van der Waals surface area contributed by atoms with E-state index >= 15 is 0 Å². The highest BCUT2D eigenvalue weighted by atomic mass is 16.5. The molecular weight excluding hydrogens is 280 g/mol. The van der Waals surface area contributed by atoms with Crippen LogP contribution in [0, 0.1) is 0 Å². The highest BCUT2D eigenvalue weighted by molar-refractivity contribution is 6.00. The number of unbranched alkanes of at least 4 members (excludes halogenated alkanes) is 1. The standard InChI is InChI=1S/C17H22N2O3/c1-3-4-5-16(20)11-6-7-15-13(8-11)12(10-19-15)9-14(18)17(21)22-2/h6-8,10,14,19H,3-5,9,18H2,1-2H3/t14-/m0/s1. The number of aromatic amines is 1. The van der Waals surface area contributed by atoms with Gasteiger partial charge in [0, 0.05) is 35.5 Å². The Morgan fingerprint density at radius 3 is 2.82 bits per heavy atom. The Hall–Kier alpha value is -2.14. The molecule has 0 saturated carbocycles. The van der Waals surface area contributed by atoms with E-state index in [-0.39, 0.29) is 5.78 Å². The van der Waals surface area contributed by atoms with Crippen molar-refractivity contribution in [1.82, 2.24) is 4.98 Å². The summed E-state index contributed by atoms with van der Waals surface area (Å²) in [4.78, 5) is 26.7. The van der Waals surface area contributed by atoms with Gasteiger partial charge in [-0.05, 0) is 30.2 Å². The van der Waals surface area contributed by atoms with Crippen molar-refractivity contribution in [3.8, 4) is 0 Å². The van der Waals surface area contributed by atoms with Crippen molar-refractivity contribution in [2.24, 2.45) is 5.73 Å². The third-order valence-electron chi connectivity index (χ3n) is 3.79. The summed E-state index contributed by atoms with van der Waals surface area (Å²) in [6, 6.07) is 4.90. The minimum atomic E-state index is -0.705. The highest BCUT2D eigenvalue weighted by Gasteiger charge is 2.17. The molecule has 22 heavy (non-hydrogen) atoms. The number of carbonyl (C=O) groups is 2. The van der Waals surface area contributed by atoms with Crippen LogP contribution in [0.15, 0.2) is 24.4 Å². The van der Waals surface area contributed by atoms with Crippen molar-refractivity contribution >= 4 is 22.7 Å². The lowest BCUT2D eigenvalue weighted by atomic mass is 10.0. The van der Waals surface area contributed by atoms with Crippen LogP contribution in [0.2, 0.25) is 0 Å². The average molecular weight is 302 g/mol. The van der Waals surface area contributed by atoms with E-state index in [1.165, 1.54) is 7.11 Å². The number of ketones is 1. The lowest BCUT2D eigenvalue weighted by Crippen LogP contribution is -2.33. The molecule has 0 aliphatic carbocycles. The Bertz CT molecular complexity index is 676. The van der Waals surface area contributed by atoms with Gasteiger partial charge in [0.15, 0.2) is 5.78 Å². The second-order valence-electron chi connectivity index (χ2n) is 5.43. The molecule has 3 N–H and O–H groups in total. The van der Waals surface area contributed by atoms with E-state index in [1.54, 1.807) is 0 Å². The molecule has 0 amide bonds. The number of fused-ring (bicyclic) bond motifs is 1. The molecule has 0 saturated heterocycles. The van der Waals surface area contributed by atoms with Gasteiger partial charge in [-0.1, -0.05) is 13.3 Å². The zero-order valence-electron chi connectivity index (χ0n) is 13.0. The van der Waals surface area contributed by atoms with E-state index in [0.29, 0.717) is 18.4 Å². The molecule has 2 rings (SSSR count). The molecule has 0 aliphatic rings. The fourth-order valence-electron chi connectivity index (χ4n) is 2.47. The van der Waals surface area contributed by atoms with Crippen LogP contribution in [-0.4, -0.2) is 29.9 Å². The van der Waals surface area contributed by atoms with Gasteiger partial charge >= 0.3 is 5.97 Å². The number of nitrogens with one attached hydrogen (secondary N) is 1. The Morgan fingerprint density at radius 1 is 1.36 bits per heavy atom. The first-order chi connectivity index (χ1) is 10.6. The Balaban J connectivity index is 2.25.